The predicted molar refractivity (Wildman–Crippen MR) is 56.8 cm³/mol. The topological polar surface area (TPSA) is 75.8 Å². The standard InChI is InChI=1S/C10H20N2O3/c1-7(2)6-15-9-5-12(10(13)14)4-3-8(9)11/h7-9H,3-6,11H2,1-2H3,(H,13,14)/t8-,9+/m0/s1. The Morgan fingerprint density at radius 2 is 2.33 bits per heavy atom. The van der Waals surface area contributed by atoms with Crippen LogP contribution in [-0.4, -0.2) is 47.9 Å². The molecule has 0 saturated carbocycles. The number of nitrogens with two attached hydrogens (primary N) is 1. The third-order valence-corrected chi connectivity index (χ3v) is 2.52. The van der Waals surface area contributed by atoms with Crippen LogP contribution in [0.25, 0.3) is 0 Å². The first kappa shape index (κ1) is 12.3. The largest absolute Gasteiger partial charge is 0.465 e. The number of ether oxygens (including phenoxy) is 1. The van der Waals surface area contributed by atoms with Gasteiger partial charge in [-0.3, -0.25) is 0 Å². The van der Waals surface area contributed by atoms with Crippen LogP contribution in [0.1, 0.15) is 20.3 Å². The first-order chi connectivity index (χ1) is 7.00. The van der Waals surface area contributed by atoms with E-state index in [1.54, 1.807) is 0 Å². The first-order valence-corrected chi connectivity index (χ1v) is 5.35. The van der Waals surface area contributed by atoms with Crippen LogP contribution in [0.4, 0.5) is 4.79 Å². The van der Waals surface area contributed by atoms with Crippen LogP contribution in [0.15, 0.2) is 0 Å². The van der Waals surface area contributed by atoms with Gasteiger partial charge in [-0.2, -0.15) is 0 Å². The number of nitrogens with zero attached hydrogens (tertiary/aromatic N) is 1. The Labute approximate surface area is 90.2 Å². The van der Waals surface area contributed by atoms with Gasteiger partial charge in [-0.05, 0) is 12.3 Å². The van der Waals surface area contributed by atoms with Crippen LogP contribution >= 0.6 is 0 Å². The van der Waals surface area contributed by atoms with Crippen molar-refractivity contribution in [2.75, 3.05) is 19.7 Å². The van der Waals surface area contributed by atoms with Crippen molar-refractivity contribution in [1.82, 2.24) is 4.90 Å². The van der Waals surface area contributed by atoms with Crippen molar-refractivity contribution in [3.05, 3.63) is 0 Å². The number of likely N-dealkylation sites (tertiary alicyclic amines) is 1. The Kier molecular flexibility index (Phi) is 4.35. The van der Waals surface area contributed by atoms with Gasteiger partial charge < -0.3 is 20.5 Å². The Morgan fingerprint density at radius 1 is 1.67 bits per heavy atom. The van der Waals surface area contributed by atoms with Gasteiger partial charge in [0.2, 0.25) is 0 Å². The molecule has 1 saturated heterocycles. The molecule has 1 fully saturated rings. The normalized spacial score (nSPS) is 27.1. The van der Waals surface area contributed by atoms with Gasteiger partial charge in [0.25, 0.3) is 0 Å². The lowest BCUT2D eigenvalue weighted by Gasteiger charge is -2.35. The quantitative estimate of drug-likeness (QED) is 0.729. The highest BCUT2D eigenvalue weighted by molar-refractivity contribution is 5.65. The zero-order chi connectivity index (χ0) is 11.4. The van der Waals surface area contributed by atoms with E-state index in [9.17, 15) is 4.79 Å². The highest BCUT2D eigenvalue weighted by Crippen LogP contribution is 2.13. The number of hydrogen-bond acceptors (Lipinski definition) is 3. The molecule has 0 spiro atoms. The minimum absolute atomic E-state index is 0.0423. The van der Waals surface area contributed by atoms with Crippen LogP contribution in [0.2, 0.25) is 0 Å². The average molecular weight is 216 g/mol. The van der Waals surface area contributed by atoms with Gasteiger partial charge in [0.15, 0.2) is 0 Å². The zero-order valence-corrected chi connectivity index (χ0v) is 9.35. The number of rotatable bonds is 3. The Bertz CT molecular complexity index is 221. The van der Waals surface area contributed by atoms with E-state index in [-0.39, 0.29) is 12.1 Å². The summed E-state index contributed by atoms with van der Waals surface area (Å²) in [6.07, 6.45) is -0.369. The second kappa shape index (κ2) is 5.32. The van der Waals surface area contributed by atoms with Crippen LogP contribution in [-0.2, 0) is 4.74 Å². The van der Waals surface area contributed by atoms with Crippen molar-refractivity contribution in [1.29, 1.82) is 0 Å². The molecule has 5 heteroatoms. The molecule has 1 aliphatic rings. The monoisotopic (exact) mass is 216 g/mol. The summed E-state index contributed by atoms with van der Waals surface area (Å²) >= 11 is 0. The molecule has 15 heavy (non-hydrogen) atoms. The van der Waals surface area contributed by atoms with E-state index in [0.29, 0.717) is 32.0 Å². The summed E-state index contributed by atoms with van der Waals surface area (Å²) in [4.78, 5) is 12.1. The molecule has 1 aliphatic heterocycles. The van der Waals surface area contributed by atoms with Gasteiger partial charge in [-0.1, -0.05) is 13.8 Å². The Balaban J connectivity index is 2.42. The lowest BCUT2D eigenvalue weighted by Crippen LogP contribution is -2.53. The van der Waals surface area contributed by atoms with E-state index >= 15 is 0 Å². The number of hydrogen-bond donors (Lipinski definition) is 2. The van der Waals surface area contributed by atoms with Gasteiger partial charge in [0.1, 0.15) is 0 Å². The minimum atomic E-state index is -0.889. The van der Waals surface area contributed by atoms with Gasteiger partial charge in [-0.15, -0.1) is 0 Å². The van der Waals surface area contributed by atoms with Crippen molar-refractivity contribution in [2.24, 2.45) is 11.7 Å². The van der Waals surface area contributed by atoms with Crippen LogP contribution in [0.5, 0.6) is 0 Å². The smallest absolute Gasteiger partial charge is 0.407 e. The highest BCUT2D eigenvalue weighted by atomic mass is 16.5. The van der Waals surface area contributed by atoms with Crippen LogP contribution < -0.4 is 5.73 Å². The maximum Gasteiger partial charge on any atom is 0.407 e. The van der Waals surface area contributed by atoms with Crippen molar-refractivity contribution < 1.29 is 14.6 Å². The molecule has 0 aromatic heterocycles. The lowest BCUT2D eigenvalue weighted by molar-refractivity contribution is -0.0191. The van der Waals surface area contributed by atoms with Crippen molar-refractivity contribution in [3.63, 3.8) is 0 Å². The number of carboxylic acid groups (broad SMARTS) is 1. The summed E-state index contributed by atoms with van der Waals surface area (Å²) in [6.45, 7) is 5.65. The van der Waals surface area contributed by atoms with E-state index < -0.39 is 6.09 Å². The molecule has 1 heterocycles. The molecule has 0 aromatic rings. The molecule has 0 aromatic carbocycles. The van der Waals surface area contributed by atoms with Crippen molar-refractivity contribution in [2.45, 2.75) is 32.4 Å². The predicted octanol–water partition coefficient (Wildman–Crippen LogP) is 0.739. The summed E-state index contributed by atoms with van der Waals surface area (Å²) in [7, 11) is 0. The fourth-order valence-electron chi connectivity index (χ4n) is 1.60. The first-order valence-electron chi connectivity index (χ1n) is 5.35. The molecular weight excluding hydrogens is 196 g/mol. The van der Waals surface area contributed by atoms with Gasteiger partial charge >= 0.3 is 6.09 Å². The summed E-state index contributed by atoms with van der Waals surface area (Å²) < 4.78 is 5.61. The molecule has 0 bridgehead atoms. The molecule has 88 valence electrons. The van der Waals surface area contributed by atoms with Crippen LogP contribution in [0.3, 0.4) is 0 Å². The summed E-state index contributed by atoms with van der Waals surface area (Å²) in [6, 6.07) is -0.0423. The second-order valence-electron chi connectivity index (χ2n) is 4.45. The molecule has 3 N–H and O–H groups in total. The van der Waals surface area contributed by atoms with Gasteiger partial charge in [0, 0.05) is 19.2 Å². The Morgan fingerprint density at radius 3 is 2.87 bits per heavy atom. The van der Waals surface area contributed by atoms with E-state index in [4.69, 9.17) is 15.6 Å². The molecule has 1 rings (SSSR count). The van der Waals surface area contributed by atoms with Crippen molar-refractivity contribution in [3.8, 4) is 0 Å². The third kappa shape index (κ3) is 3.68. The second-order valence-corrected chi connectivity index (χ2v) is 4.45. The molecular formula is C10H20N2O3. The third-order valence-electron chi connectivity index (χ3n) is 2.52. The van der Waals surface area contributed by atoms with Crippen LogP contribution in [0, 0.1) is 5.92 Å². The number of amides is 1. The molecule has 2 atom stereocenters. The Hall–Kier alpha value is -0.810. The SMILES string of the molecule is CC(C)CO[C@@H]1CN(C(=O)O)CC[C@@H]1N. The highest BCUT2D eigenvalue weighted by Gasteiger charge is 2.29. The van der Waals surface area contributed by atoms with E-state index in [0.717, 1.165) is 0 Å². The fourth-order valence-corrected chi connectivity index (χ4v) is 1.60. The van der Waals surface area contributed by atoms with Gasteiger partial charge in [-0.25, -0.2) is 4.79 Å². The fraction of sp³-hybridized carbons (Fsp3) is 0.900. The maximum absolute atomic E-state index is 10.8. The van der Waals surface area contributed by atoms with Crippen molar-refractivity contribution >= 4 is 6.09 Å². The van der Waals surface area contributed by atoms with E-state index in [2.05, 4.69) is 13.8 Å². The van der Waals surface area contributed by atoms with Gasteiger partial charge in [0.05, 0.1) is 12.6 Å². The molecule has 1 amide bonds. The molecule has 5 nitrogen and oxygen atoms in total. The summed E-state index contributed by atoms with van der Waals surface area (Å²) in [5, 5.41) is 8.85. The lowest BCUT2D eigenvalue weighted by atomic mass is 10.0. The maximum atomic E-state index is 10.8. The zero-order valence-electron chi connectivity index (χ0n) is 9.35. The molecule has 0 unspecified atom stereocenters. The van der Waals surface area contributed by atoms with E-state index in [1.807, 2.05) is 0 Å². The summed E-state index contributed by atoms with van der Waals surface area (Å²) in [5.74, 6) is 0.442. The molecule has 0 aliphatic carbocycles. The molecule has 0 radical (unpaired) electrons. The average Bonchev–Trinajstić information content (AvgIpc) is 2.16. The minimum Gasteiger partial charge on any atom is -0.465 e. The number of carbonyl (C=O) groups is 1. The summed E-state index contributed by atoms with van der Waals surface area (Å²) in [5.41, 5.74) is 5.88. The van der Waals surface area contributed by atoms with E-state index in [1.165, 1.54) is 4.90 Å². The number of piperidine rings is 1.